The molecule has 2 fully saturated rings. The van der Waals surface area contributed by atoms with E-state index in [1.807, 2.05) is 25.7 Å². The van der Waals surface area contributed by atoms with Gasteiger partial charge in [0, 0.05) is 31.4 Å². The van der Waals surface area contributed by atoms with Crippen LogP contribution in [0, 0.1) is 5.92 Å². The van der Waals surface area contributed by atoms with E-state index in [1.54, 1.807) is 0 Å². The number of benzene rings is 1. The second kappa shape index (κ2) is 8.95. The summed E-state index contributed by atoms with van der Waals surface area (Å²) in [7, 11) is 4.35. The third-order valence-electron chi connectivity index (χ3n) is 6.26. The molecule has 5 nitrogen and oxygen atoms in total. The van der Waals surface area contributed by atoms with Gasteiger partial charge in [0.15, 0.2) is 0 Å². The van der Waals surface area contributed by atoms with Crippen LogP contribution in [0.1, 0.15) is 65.0 Å². The molecule has 0 unspecified atom stereocenters. The summed E-state index contributed by atoms with van der Waals surface area (Å²) in [5.41, 5.74) is 2.04. The van der Waals surface area contributed by atoms with Crippen LogP contribution in [0.5, 0.6) is 0 Å². The molecule has 1 aromatic rings. The molecular formula is C24H39N3O2. The number of hydrogen-bond donors (Lipinski definition) is 0. The molecule has 0 aromatic heterocycles. The van der Waals surface area contributed by atoms with Gasteiger partial charge in [0.2, 0.25) is 0 Å². The molecule has 0 saturated carbocycles. The average Bonchev–Trinajstić information content (AvgIpc) is 2.67. The van der Waals surface area contributed by atoms with Gasteiger partial charge in [0.1, 0.15) is 5.60 Å². The van der Waals surface area contributed by atoms with Gasteiger partial charge in [-0.3, -0.25) is 0 Å². The van der Waals surface area contributed by atoms with Crippen LogP contribution in [0.25, 0.3) is 0 Å². The van der Waals surface area contributed by atoms with Gasteiger partial charge >= 0.3 is 6.09 Å². The van der Waals surface area contributed by atoms with Crippen LogP contribution < -0.4 is 4.90 Å². The first kappa shape index (κ1) is 21.9. The van der Waals surface area contributed by atoms with Crippen molar-refractivity contribution in [2.24, 2.45) is 5.92 Å². The summed E-state index contributed by atoms with van der Waals surface area (Å²) in [4.78, 5) is 19.7. The fourth-order valence-electron chi connectivity index (χ4n) is 4.59. The molecule has 5 heteroatoms. The minimum absolute atomic E-state index is 0.0975. The monoisotopic (exact) mass is 401 g/mol. The number of anilines is 1. The van der Waals surface area contributed by atoms with E-state index in [-0.39, 0.29) is 12.1 Å². The van der Waals surface area contributed by atoms with Gasteiger partial charge in [-0.05, 0) is 84.2 Å². The molecule has 2 saturated heterocycles. The van der Waals surface area contributed by atoms with Crippen molar-refractivity contribution in [3.05, 3.63) is 29.8 Å². The number of ether oxygens (including phenoxy) is 1. The number of nitrogens with zero attached hydrogens (tertiary/aromatic N) is 3. The standard InChI is InChI=1S/C24H39N3O2/c1-18-10-11-22(27(17-18)23(28)29-24(2,3)4)19-8-7-9-21(16-19)26-14-12-20(13-15-26)25(5)6/h7-9,16,18,20,22H,10-15,17H2,1-6H3/t18-,22+/m0/s1. The van der Waals surface area contributed by atoms with E-state index < -0.39 is 5.60 Å². The lowest BCUT2D eigenvalue weighted by atomic mass is 9.90. The predicted molar refractivity (Wildman–Crippen MR) is 119 cm³/mol. The van der Waals surface area contributed by atoms with Crippen molar-refractivity contribution in [1.82, 2.24) is 9.80 Å². The third kappa shape index (κ3) is 5.65. The summed E-state index contributed by atoms with van der Waals surface area (Å²) in [5.74, 6) is 0.506. The average molecular weight is 402 g/mol. The normalized spacial score (nSPS) is 24.1. The smallest absolute Gasteiger partial charge is 0.410 e. The molecular weight excluding hydrogens is 362 g/mol. The Hall–Kier alpha value is -1.75. The number of hydrogen-bond acceptors (Lipinski definition) is 4. The van der Waals surface area contributed by atoms with Gasteiger partial charge in [-0.15, -0.1) is 0 Å². The quantitative estimate of drug-likeness (QED) is 0.720. The summed E-state index contributed by atoms with van der Waals surface area (Å²) >= 11 is 0. The highest BCUT2D eigenvalue weighted by Gasteiger charge is 2.34. The van der Waals surface area contributed by atoms with Crippen molar-refractivity contribution in [1.29, 1.82) is 0 Å². The van der Waals surface area contributed by atoms with E-state index in [1.165, 1.54) is 24.1 Å². The Balaban J connectivity index is 1.76. The lowest BCUT2D eigenvalue weighted by Gasteiger charge is -2.40. The van der Waals surface area contributed by atoms with Gasteiger partial charge in [-0.1, -0.05) is 19.1 Å². The van der Waals surface area contributed by atoms with Crippen molar-refractivity contribution < 1.29 is 9.53 Å². The first-order valence-electron chi connectivity index (χ1n) is 11.1. The molecule has 162 valence electrons. The van der Waals surface area contributed by atoms with Crippen LogP contribution in [-0.4, -0.2) is 61.3 Å². The summed E-state index contributed by atoms with van der Waals surface area (Å²) < 4.78 is 5.73. The molecule has 0 N–H and O–H groups in total. The van der Waals surface area contributed by atoms with Crippen molar-refractivity contribution in [2.45, 2.75) is 71.1 Å². The third-order valence-corrected chi connectivity index (χ3v) is 6.26. The zero-order chi connectivity index (χ0) is 21.2. The molecule has 0 aliphatic carbocycles. The number of carbonyl (C=O) groups excluding carboxylic acids is 1. The minimum Gasteiger partial charge on any atom is -0.444 e. The number of carbonyl (C=O) groups is 1. The lowest BCUT2D eigenvalue weighted by molar-refractivity contribution is 0.00364. The van der Waals surface area contributed by atoms with Crippen LogP contribution in [0.15, 0.2) is 24.3 Å². The van der Waals surface area contributed by atoms with Crippen molar-refractivity contribution in [3.63, 3.8) is 0 Å². The van der Waals surface area contributed by atoms with Gasteiger partial charge in [-0.25, -0.2) is 4.79 Å². The zero-order valence-electron chi connectivity index (χ0n) is 19.1. The molecule has 0 spiro atoms. The Labute approximate surface area is 177 Å². The highest BCUT2D eigenvalue weighted by Crippen LogP contribution is 2.36. The van der Waals surface area contributed by atoms with Crippen molar-refractivity contribution >= 4 is 11.8 Å². The molecule has 1 amide bonds. The SMILES string of the molecule is C[C@H]1CC[C@H](c2cccc(N3CCC(N(C)C)CC3)c2)N(C(=O)OC(C)(C)C)C1. The molecule has 29 heavy (non-hydrogen) atoms. The van der Waals surface area contributed by atoms with E-state index in [0.717, 1.165) is 32.5 Å². The highest BCUT2D eigenvalue weighted by atomic mass is 16.6. The molecule has 2 heterocycles. The number of rotatable bonds is 3. The Kier molecular flexibility index (Phi) is 6.77. The van der Waals surface area contributed by atoms with E-state index in [2.05, 4.69) is 55.1 Å². The van der Waals surface area contributed by atoms with Crippen molar-refractivity contribution in [3.8, 4) is 0 Å². The lowest BCUT2D eigenvalue weighted by Crippen LogP contribution is -2.44. The summed E-state index contributed by atoms with van der Waals surface area (Å²) in [6, 6.07) is 9.61. The van der Waals surface area contributed by atoms with Crippen LogP contribution in [0.2, 0.25) is 0 Å². The largest absolute Gasteiger partial charge is 0.444 e. The van der Waals surface area contributed by atoms with Crippen LogP contribution in [-0.2, 0) is 4.74 Å². The molecule has 0 bridgehead atoms. The summed E-state index contributed by atoms with van der Waals surface area (Å²) in [6.07, 6.45) is 4.34. The molecule has 0 radical (unpaired) electrons. The fourth-order valence-corrected chi connectivity index (χ4v) is 4.59. The van der Waals surface area contributed by atoms with Gasteiger partial charge in [0.05, 0.1) is 6.04 Å². The Morgan fingerprint density at radius 1 is 1.10 bits per heavy atom. The molecule has 2 aliphatic heterocycles. The van der Waals surface area contributed by atoms with Gasteiger partial charge < -0.3 is 19.4 Å². The van der Waals surface area contributed by atoms with E-state index in [0.29, 0.717) is 12.0 Å². The van der Waals surface area contributed by atoms with E-state index >= 15 is 0 Å². The Morgan fingerprint density at radius 2 is 1.79 bits per heavy atom. The Morgan fingerprint density at radius 3 is 2.41 bits per heavy atom. The summed E-state index contributed by atoms with van der Waals surface area (Å²) in [5, 5.41) is 0. The molecule has 2 aliphatic rings. The molecule has 3 rings (SSSR count). The second-order valence-electron chi connectivity index (χ2n) is 10.1. The fraction of sp³-hybridized carbons (Fsp3) is 0.708. The second-order valence-corrected chi connectivity index (χ2v) is 10.1. The first-order chi connectivity index (χ1) is 13.6. The first-order valence-corrected chi connectivity index (χ1v) is 11.1. The number of likely N-dealkylation sites (tertiary alicyclic amines) is 1. The van der Waals surface area contributed by atoms with Gasteiger partial charge in [0.25, 0.3) is 0 Å². The zero-order valence-corrected chi connectivity index (χ0v) is 19.1. The maximum atomic E-state index is 12.9. The number of piperidine rings is 2. The Bertz CT molecular complexity index is 690. The maximum absolute atomic E-state index is 12.9. The van der Waals surface area contributed by atoms with Crippen LogP contribution in [0.4, 0.5) is 10.5 Å². The minimum atomic E-state index is -0.471. The van der Waals surface area contributed by atoms with E-state index in [4.69, 9.17) is 4.74 Å². The number of amides is 1. The molecule has 1 aromatic carbocycles. The van der Waals surface area contributed by atoms with Crippen LogP contribution in [0.3, 0.4) is 0 Å². The van der Waals surface area contributed by atoms with Crippen LogP contribution >= 0.6 is 0 Å². The van der Waals surface area contributed by atoms with E-state index in [9.17, 15) is 4.79 Å². The topological polar surface area (TPSA) is 36.0 Å². The summed E-state index contributed by atoms with van der Waals surface area (Å²) in [6.45, 7) is 11.0. The maximum Gasteiger partial charge on any atom is 0.410 e. The molecule has 2 atom stereocenters. The highest BCUT2D eigenvalue weighted by molar-refractivity contribution is 5.69. The van der Waals surface area contributed by atoms with Crippen molar-refractivity contribution in [2.75, 3.05) is 38.6 Å². The van der Waals surface area contributed by atoms with Gasteiger partial charge in [-0.2, -0.15) is 0 Å². The predicted octanol–water partition coefficient (Wildman–Crippen LogP) is 4.93.